The van der Waals surface area contributed by atoms with Gasteiger partial charge in [-0.25, -0.2) is 0 Å². The highest BCUT2D eigenvalue weighted by Crippen LogP contribution is 2.39. The lowest BCUT2D eigenvalue weighted by Gasteiger charge is -2.34. The van der Waals surface area contributed by atoms with Gasteiger partial charge in [0.05, 0.1) is 19.6 Å². The van der Waals surface area contributed by atoms with Crippen LogP contribution < -0.4 is 0 Å². The van der Waals surface area contributed by atoms with Gasteiger partial charge in [0, 0.05) is 19.3 Å². The first kappa shape index (κ1) is 11.2. The van der Waals surface area contributed by atoms with E-state index >= 15 is 0 Å². The van der Waals surface area contributed by atoms with Crippen LogP contribution in [-0.4, -0.2) is 30.2 Å². The van der Waals surface area contributed by atoms with Crippen molar-refractivity contribution in [1.82, 2.24) is 0 Å². The number of unbranched alkanes of at least 4 members (excludes halogenated alkanes) is 3. The van der Waals surface area contributed by atoms with E-state index in [9.17, 15) is 0 Å². The standard InChI is InChI=1S/C14H26N/c1-3-4-5-6-10-15-11-7-8-14(15)13(2)9-12-15/h14H,2-12H2,1H3/q+1/t14-,15?/m0/s1. The van der Waals surface area contributed by atoms with Crippen LogP contribution in [0.4, 0.5) is 0 Å². The smallest absolute Gasteiger partial charge is 0.111 e. The molecular weight excluding hydrogens is 182 g/mol. The predicted molar refractivity (Wildman–Crippen MR) is 65.8 cm³/mol. The Balaban J connectivity index is 1.86. The molecule has 1 unspecified atom stereocenters. The van der Waals surface area contributed by atoms with Crippen LogP contribution in [0.15, 0.2) is 12.2 Å². The molecule has 0 bridgehead atoms. The number of quaternary nitrogens is 1. The van der Waals surface area contributed by atoms with Gasteiger partial charge in [0.1, 0.15) is 6.04 Å². The molecule has 0 radical (unpaired) electrons. The summed E-state index contributed by atoms with van der Waals surface area (Å²) in [5, 5.41) is 0. The molecule has 2 aliphatic heterocycles. The number of hydrogen-bond acceptors (Lipinski definition) is 0. The second kappa shape index (κ2) is 4.69. The largest absolute Gasteiger partial charge is 0.317 e. The molecule has 0 spiro atoms. The fourth-order valence-corrected chi connectivity index (χ4v) is 3.65. The summed E-state index contributed by atoms with van der Waals surface area (Å²) in [5.74, 6) is 0. The summed E-state index contributed by atoms with van der Waals surface area (Å²) in [6.07, 6.45) is 9.83. The van der Waals surface area contributed by atoms with E-state index in [1.807, 2.05) is 0 Å². The van der Waals surface area contributed by atoms with Crippen LogP contribution in [-0.2, 0) is 0 Å². The molecule has 0 saturated carbocycles. The topological polar surface area (TPSA) is 0 Å². The lowest BCUT2D eigenvalue weighted by molar-refractivity contribution is -0.924. The fourth-order valence-electron chi connectivity index (χ4n) is 3.65. The second-order valence-electron chi connectivity index (χ2n) is 5.52. The first-order valence-electron chi connectivity index (χ1n) is 6.82. The zero-order chi connectivity index (χ0) is 10.7. The van der Waals surface area contributed by atoms with Crippen LogP contribution in [0.25, 0.3) is 0 Å². The van der Waals surface area contributed by atoms with Crippen molar-refractivity contribution in [3.05, 3.63) is 12.2 Å². The lowest BCUT2D eigenvalue weighted by atomic mass is 10.1. The summed E-state index contributed by atoms with van der Waals surface area (Å²) in [7, 11) is 0. The minimum Gasteiger partial charge on any atom is -0.317 e. The second-order valence-corrected chi connectivity index (χ2v) is 5.52. The van der Waals surface area contributed by atoms with Crippen molar-refractivity contribution in [2.24, 2.45) is 0 Å². The Labute approximate surface area is 94.8 Å². The highest BCUT2D eigenvalue weighted by Gasteiger charge is 2.46. The van der Waals surface area contributed by atoms with Gasteiger partial charge in [-0.3, -0.25) is 0 Å². The van der Waals surface area contributed by atoms with Crippen molar-refractivity contribution in [1.29, 1.82) is 0 Å². The summed E-state index contributed by atoms with van der Waals surface area (Å²) >= 11 is 0. The Bertz CT molecular complexity index is 233. The number of hydrogen-bond donors (Lipinski definition) is 0. The molecule has 1 nitrogen and oxygen atoms in total. The highest BCUT2D eigenvalue weighted by atomic mass is 15.4. The third-order valence-corrected chi connectivity index (χ3v) is 4.55. The van der Waals surface area contributed by atoms with Gasteiger partial charge >= 0.3 is 0 Å². The molecule has 2 aliphatic rings. The average Bonchev–Trinajstić information content (AvgIpc) is 2.76. The van der Waals surface area contributed by atoms with Crippen LogP contribution in [0.3, 0.4) is 0 Å². The molecule has 0 aromatic rings. The van der Waals surface area contributed by atoms with Gasteiger partial charge < -0.3 is 4.48 Å². The zero-order valence-corrected chi connectivity index (χ0v) is 10.3. The van der Waals surface area contributed by atoms with E-state index in [0.717, 1.165) is 6.04 Å². The molecule has 15 heavy (non-hydrogen) atoms. The molecule has 2 rings (SSSR count). The first-order chi connectivity index (χ1) is 7.28. The lowest BCUT2D eigenvalue weighted by Crippen LogP contribution is -2.48. The average molecular weight is 208 g/mol. The number of fused-ring (bicyclic) bond motifs is 1. The Hall–Kier alpha value is -0.300. The maximum Gasteiger partial charge on any atom is 0.111 e. The van der Waals surface area contributed by atoms with Crippen LogP contribution in [0.2, 0.25) is 0 Å². The Morgan fingerprint density at radius 3 is 2.93 bits per heavy atom. The summed E-state index contributed by atoms with van der Waals surface area (Å²) in [6, 6.07) is 0.853. The number of rotatable bonds is 5. The van der Waals surface area contributed by atoms with Gasteiger partial charge in [0.15, 0.2) is 0 Å². The Kier molecular flexibility index (Phi) is 3.50. The maximum atomic E-state index is 4.27. The summed E-state index contributed by atoms with van der Waals surface area (Å²) in [5.41, 5.74) is 1.56. The SMILES string of the molecule is C=C1CC[N+]2(CCCCCC)CCC[C@@H]12. The molecule has 0 amide bonds. The predicted octanol–water partition coefficient (Wildman–Crippen LogP) is 3.51. The quantitative estimate of drug-likeness (QED) is 0.368. The number of nitrogens with zero attached hydrogens (tertiary/aromatic N) is 1. The monoisotopic (exact) mass is 208 g/mol. The van der Waals surface area contributed by atoms with E-state index in [4.69, 9.17) is 0 Å². The van der Waals surface area contributed by atoms with Crippen molar-refractivity contribution in [3.8, 4) is 0 Å². The Morgan fingerprint density at radius 1 is 1.27 bits per heavy atom. The van der Waals surface area contributed by atoms with Gasteiger partial charge in [-0.15, -0.1) is 0 Å². The van der Waals surface area contributed by atoms with E-state index in [0.29, 0.717) is 0 Å². The van der Waals surface area contributed by atoms with Crippen LogP contribution in [0.1, 0.15) is 51.9 Å². The van der Waals surface area contributed by atoms with Gasteiger partial charge in [-0.05, 0) is 18.4 Å². The molecule has 2 saturated heterocycles. The van der Waals surface area contributed by atoms with Crippen molar-refractivity contribution < 1.29 is 4.48 Å². The molecule has 0 aliphatic carbocycles. The molecule has 2 atom stereocenters. The Morgan fingerprint density at radius 2 is 2.13 bits per heavy atom. The van der Waals surface area contributed by atoms with Gasteiger partial charge in [-0.2, -0.15) is 0 Å². The third-order valence-electron chi connectivity index (χ3n) is 4.55. The summed E-state index contributed by atoms with van der Waals surface area (Å²) < 4.78 is 1.42. The molecule has 0 aromatic heterocycles. The summed E-state index contributed by atoms with van der Waals surface area (Å²) in [6.45, 7) is 10.8. The maximum absolute atomic E-state index is 4.27. The minimum atomic E-state index is 0.853. The van der Waals surface area contributed by atoms with Crippen molar-refractivity contribution in [2.75, 3.05) is 19.6 Å². The van der Waals surface area contributed by atoms with E-state index in [1.54, 1.807) is 5.57 Å². The van der Waals surface area contributed by atoms with Crippen LogP contribution >= 0.6 is 0 Å². The normalized spacial score (nSPS) is 34.7. The third kappa shape index (κ3) is 2.13. The zero-order valence-electron chi connectivity index (χ0n) is 10.3. The van der Waals surface area contributed by atoms with E-state index in [-0.39, 0.29) is 0 Å². The van der Waals surface area contributed by atoms with E-state index in [2.05, 4.69) is 13.5 Å². The van der Waals surface area contributed by atoms with Crippen molar-refractivity contribution in [2.45, 2.75) is 57.9 Å². The molecule has 0 N–H and O–H groups in total. The molecule has 2 fully saturated rings. The van der Waals surface area contributed by atoms with Crippen LogP contribution in [0.5, 0.6) is 0 Å². The molecular formula is C14H26N+. The van der Waals surface area contributed by atoms with Crippen molar-refractivity contribution >= 4 is 0 Å². The van der Waals surface area contributed by atoms with Gasteiger partial charge in [0.25, 0.3) is 0 Å². The van der Waals surface area contributed by atoms with Gasteiger partial charge in [0.2, 0.25) is 0 Å². The first-order valence-corrected chi connectivity index (χ1v) is 6.82. The van der Waals surface area contributed by atoms with Crippen LogP contribution in [0, 0.1) is 0 Å². The molecule has 86 valence electrons. The molecule has 2 heterocycles. The van der Waals surface area contributed by atoms with Gasteiger partial charge in [-0.1, -0.05) is 26.3 Å². The molecule has 0 aromatic carbocycles. The highest BCUT2D eigenvalue weighted by molar-refractivity contribution is 5.08. The van der Waals surface area contributed by atoms with Crippen molar-refractivity contribution in [3.63, 3.8) is 0 Å². The molecule has 1 heteroatoms. The summed E-state index contributed by atoms with van der Waals surface area (Å²) in [4.78, 5) is 0. The fraction of sp³-hybridized carbons (Fsp3) is 0.857. The van der Waals surface area contributed by atoms with E-state index < -0.39 is 0 Å². The van der Waals surface area contributed by atoms with E-state index in [1.165, 1.54) is 69.1 Å². The minimum absolute atomic E-state index is 0.853.